The van der Waals surface area contributed by atoms with Crippen LogP contribution in [0.4, 0.5) is 4.39 Å². The Morgan fingerprint density at radius 2 is 2.33 bits per heavy atom. The van der Waals surface area contributed by atoms with E-state index in [1.807, 2.05) is 6.92 Å². The van der Waals surface area contributed by atoms with Crippen molar-refractivity contribution in [2.45, 2.75) is 13.3 Å². The number of hydrogen-bond donors (Lipinski definition) is 1. The largest absolute Gasteiger partial charge is 0.277 e. The van der Waals surface area contributed by atoms with Gasteiger partial charge in [-0.05, 0) is 18.1 Å². The highest BCUT2D eigenvalue weighted by Crippen LogP contribution is 2.19. The average molecular weight is 164 g/mol. The molecule has 1 aromatic carbocycles. The molecule has 0 aliphatic heterocycles. The number of rotatable bonds is 1. The minimum Gasteiger partial charge on any atom is -0.277 e. The second-order valence-corrected chi connectivity index (χ2v) is 2.72. The molecule has 0 spiro atoms. The molecule has 2 aromatic rings. The first-order valence-electron chi connectivity index (χ1n) is 3.93. The van der Waals surface area contributed by atoms with Gasteiger partial charge in [0.05, 0.1) is 17.1 Å². The van der Waals surface area contributed by atoms with Crippen LogP contribution in [0.3, 0.4) is 0 Å². The van der Waals surface area contributed by atoms with Crippen LogP contribution in [0.15, 0.2) is 18.3 Å². The van der Waals surface area contributed by atoms with Gasteiger partial charge in [-0.15, -0.1) is 0 Å². The maximum absolute atomic E-state index is 13.1. The van der Waals surface area contributed by atoms with Gasteiger partial charge in [-0.1, -0.05) is 13.0 Å². The molecule has 0 radical (unpaired) electrons. The molecule has 0 aliphatic carbocycles. The maximum Gasteiger partial charge on any atom is 0.134 e. The molecule has 62 valence electrons. The second-order valence-electron chi connectivity index (χ2n) is 2.72. The molecule has 0 amide bonds. The Bertz CT molecular complexity index is 406. The number of hydrogen-bond acceptors (Lipinski definition) is 1. The Morgan fingerprint density at radius 1 is 1.50 bits per heavy atom. The zero-order chi connectivity index (χ0) is 8.55. The molecule has 0 bridgehead atoms. The SMILES string of the molecule is CCc1ccc(F)c2cn[nH]c12. The third kappa shape index (κ3) is 0.897. The lowest BCUT2D eigenvalue weighted by atomic mass is 10.1. The number of aromatic nitrogens is 2. The quantitative estimate of drug-likeness (QED) is 0.688. The van der Waals surface area contributed by atoms with Crippen molar-refractivity contribution in [2.75, 3.05) is 0 Å². The molecule has 12 heavy (non-hydrogen) atoms. The van der Waals surface area contributed by atoms with E-state index in [0.29, 0.717) is 5.39 Å². The fourth-order valence-electron chi connectivity index (χ4n) is 1.35. The topological polar surface area (TPSA) is 28.7 Å². The monoisotopic (exact) mass is 164 g/mol. The molecule has 1 heterocycles. The highest BCUT2D eigenvalue weighted by Gasteiger charge is 2.05. The fourth-order valence-corrected chi connectivity index (χ4v) is 1.35. The molecule has 0 atom stereocenters. The highest BCUT2D eigenvalue weighted by atomic mass is 19.1. The van der Waals surface area contributed by atoms with Crippen molar-refractivity contribution in [3.63, 3.8) is 0 Å². The number of halogens is 1. The molecule has 0 unspecified atom stereocenters. The fraction of sp³-hybridized carbons (Fsp3) is 0.222. The van der Waals surface area contributed by atoms with Crippen LogP contribution >= 0.6 is 0 Å². The Labute approximate surface area is 69.4 Å². The summed E-state index contributed by atoms with van der Waals surface area (Å²) >= 11 is 0. The second kappa shape index (κ2) is 2.59. The summed E-state index contributed by atoms with van der Waals surface area (Å²) in [5, 5.41) is 7.17. The molecular formula is C9H9FN2. The smallest absolute Gasteiger partial charge is 0.134 e. The first kappa shape index (κ1) is 7.28. The summed E-state index contributed by atoms with van der Waals surface area (Å²) < 4.78 is 13.1. The zero-order valence-electron chi connectivity index (χ0n) is 6.76. The van der Waals surface area contributed by atoms with Crippen molar-refractivity contribution >= 4 is 10.9 Å². The summed E-state index contributed by atoms with van der Waals surface area (Å²) in [5.74, 6) is -0.212. The Morgan fingerprint density at radius 3 is 3.08 bits per heavy atom. The molecule has 2 nitrogen and oxygen atoms in total. The van der Waals surface area contributed by atoms with Crippen molar-refractivity contribution < 1.29 is 4.39 Å². The van der Waals surface area contributed by atoms with Crippen LogP contribution in [0.1, 0.15) is 12.5 Å². The molecule has 1 N–H and O–H groups in total. The first-order chi connectivity index (χ1) is 5.83. The van der Waals surface area contributed by atoms with E-state index in [1.165, 1.54) is 12.3 Å². The summed E-state index contributed by atoms with van der Waals surface area (Å²) in [6.07, 6.45) is 2.41. The minimum absolute atomic E-state index is 0.212. The zero-order valence-corrected chi connectivity index (χ0v) is 6.76. The number of aromatic amines is 1. The first-order valence-corrected chi connectivity index (χ1v) is 3.93. The van der Waals surface area contributed by atoms with Gasteiger partial charge in [0.2, 0.25) is 0 Å². The van der Waals surface area contributed by atoms with Crippen molar-refractivity contribution in [3.05, 3.63) is 29.7 Å². The Hall–Kier alpha value is -1.38. The summed E-state index contributed by atoms with van der Waals surface area (Å²) in [6, 6.07) is 3.27. The molecule has 1 aromatic heterocycles. The summed E-state index contributed by atoms with van der Waals surface area (Å²) in [7, 11) is 0. The number of nitrogens with zero attached hydrogens (tertiary/aromatic N) is 1. The Kier molecular flexibility index (Phi) is 1.57. The van der Waals surface area contributed by atoms with Gasteiger partial charge >= 0.3 is 0 Å². The average Bonchev–Trinajstić information content (AvgIpc) is 2.54. The van der Waals surface area contributed by atoms with Gasteiger partial charge in [-0.2, -0.15) is 5.10 Å². The van der Waals surface area contributed by atoms with Gasteiger partial charge < -0.3 is 0 Å². The number of fused-ring (bicyclic) bond motifs is 1. The highest BCUT2D eigenvalue weighted by molar-refractivity contribution is 5.81. The van der Waals surface area contributed by atoms with E-state index in [4.69, 9.17) is 0 Å². The van der Waals surface area contributed by atoms with Crippen molar-refractivity contribution in [1.29, 1.82) is 0 Å². The lowest BCUT2D eigenvalue weighted by molar-refractivity contribution is 0.639. The number of aryl methyl sites for hydroxylation is 1. The molecular weight excluding hydrogens is 155 g/mol. The molecule has 3 heteroatoms. The molecule has 2 rings (SSSR count). The predicted octanol–water partition coefficient (Wildman–Crippen LogP) is 2.26. The number of benzene rings is 1. The van der Waals surface area contributed by atoms with E-state index in [1.54, 1.807) is 6.07 Å². The number of H-pyrrole nitrogens is 1. The summed E-state index contributed by atoms with van der Waals surface area (Å²) in [4.78, 5) is 0. The van der Waals surface area contributed by atoms with Gasteiger partial charge in [0, 0.05) is 0 Å². The van der Waals surface area contributed by atoms with Crippen LogP contribution in [0, 0.1) is 5.82 Å². The van der Waals surface area contributed by atoms with Crippen LogP contribution in [0.2, 0.25) is 0 Å². The minimum atomic E-state index is -0.212. The van der Waals surface area contributed by atoms with E-state index in [-0.39, 0.29) is 5.82 Å². The molecule has 0 aliphatic rings. The van der Waals surface area contributed by atoms with E-state index >= 15 is 0 Å². The molecule has 0 saturated carbocycles. The lowest BCUT2D eigenvalue weighted by Gasteiger charge is -1.98. The molecule has 0 fully saturated rings. The van der Waals surface area contributed by atoms with E-state index in [9.17, 15) is 4.39 Å². The van der Waals surface area contributed by atoms with Crippen LogP contribution in [0.25, 0.3) is 10.9 Å². The third-order valence-corrected chi connectivity index (χ3v) is 2.03. The van der Waals surface area contributed by atoms with Crippen LogP contribution in [-0.2, 0) is 6.42 Å². The van der Waals surface area contributed by atoms with Crippen molar-refractivity contribution in [2.24, 2.45) is 0 Å². The lowest BCUT2D eigenvalue weighted by Crippen LogP contribution is -1.84. The summed E-state index contributed by atoms with van der Waals surface area (Å²) in [5.41, 5.74) is 1.92. The standard InChI is InChI=1S/C9H9FN2/c1-2-6-3-4-8(10)7-5-11-12-9(6)7/h3-5H,2H2,1H3,(H,11,12). The van der Waals surface area contributed by atoms with Crippen LogP contribution in [-0.4, -0.2) is 10.2 Å². The maximum atomic E-state index is 13.1. The van der Waals surface area contributed by atoms with E-state index in [2.05, 4.69) is 10.2 Å². The summed E-state index contributed by atoms with van der Waals surface area (Å²) in [6.45, 7) is 2.04. The predicted molar refractivity (Wildman–Crippen MR) is 45.4 cm³/mol. The van der Waals surface area contributed by atoms with Gasteiger partial charge in [-0.25, -0.2) is 4.39 Å². The third-order valence-electron chi connectivity index (χ3n) is 2.03. The van der Waals surface area contributed by atoms with Gasteiger partial charge in [0.15, 0.2) is 0 Å². The van der Waals surface area contributed by atoms with Gasteiger partial charge in [-0.3, -0.25) is 5.10 Å². The van der Waals surface area contributed by atoms with E-state index in [0.717, 1.165) is 17.5 Å². The number of nitrogens with one attached hydrogen (secondary N) is 1. The van der Waals surface area contributed by atoms with E-state index < -0.39 is 0 Å². The van der Waals surface area contributed by atoms with Crippen LogP contribution in [0.5, 0.6) is 0 Å². The normalized spacial score (nSPS) is 10.8. The van der Waals surface area contributed by atoms with Gasteiger partial charge in [0.25, 0.3) is 0 Å². The van der Waals surface area contributed by atoms with Crippen LogP contribution < -0.4 is 0 Å². The van der Waals surface area contributed by atoms with Crippen molar-refractivity contribution in [3.8, 4) is 0 Å². The molecule has 0 saturated heterocycles. The van der Waals surface area contributed by atoms with Crippen molar-refractivity contribution in [1.82, 2.24) is 10.2 Å². The Balaban J connectivity index is 2.82. The van der Waals surface area contributed by atoms with Gasteiger partial charge in [0.1, 0.15) is 5.82 Å².